The van der Waals surface area contributed by atoms with Crippen LogP contribution >= 0.6 is 58.0 Å². The summed E-state index contributed by atoms with van der Waals surface area (Å²) in [5.74, 6) is 2.97. The van der Waals surface area contributed by atoms with Gasteiger partial charge in [-0.2, -0.15) is 0 Å². The molecule has 2 fully saturated rings. The molecule has 6 aromatic rings. The van der Waals surface area contributed by atoms with Crippen LogP contribution in [-0.4, -0.2) is 120 Å². The van der Waals surface area contributed by atoms with E-state index in [9.17, 15) is 9.59 Å². The van der Waals surface area contributed by atoms with E-state index in [2.05, 4.69) is 39.1 Å². The van der Waals surface area contributed by atoms with Gasteiger partial charge < -0.3 is 49.3 Å². The third-order valence-electron chi connectivity index (χ3n) is 11.8. The lowest BCUT2D eigenvalue weighted by Gasteiger charge is -2.24. The zero-order valence-corrected chi connectivity index (χ0v) is 46.6. The number of likely N-dealkylation sites (tertiary alicyclic amines) is 2. The van der Waals surface area contributed by atoms with Gasteiger partial charge in [-0.1, -0.05) is 72.4 Å². The van der Waals surface area contributed by atoms with Crippen LogP contribution in [0.1, 0.15) is 55.4 Å². The second-order valence-corrected chi connectivity index (χ2v) is 21.4. The van der Waals surface area contributed by atoms with Gasteiger partial charge in [0, 0.05) is 78.6 Å². The van der Waals surface area contributed by atoms with Crippen molar-refractivity contribution in [2.75, 3.05) is 59.9 Å². The SMILES string of the molecule is COc1cc(OC)c(Cl)c(-c2ccc3nc(Cl)ncc3c2)c1Cl.COc1cc(OC)c(Cl)c(-c2ccc3nc(N[C@@H]4CN(C(=O)OC(C)(C)C)C[C@H]4C)ncc3c2)c1Cl.C[C@@H]1CN(C(=O)OC(C)(C)C)C[C@H]1N. The maximum atomic E-state index is 12.5. The molecule has 0 unspecified atom stereocenters. The molecule has 0 aliphatic carbocycles. The number of methoxy groups -OCH3 is 4. The van der Waals surface area contributed by atoms with Crippen LogP contribution in [0.2, 0.25) is 25.4 Å². The van der Waals surface area contributed by atoms with Gasteiger partial charge in [-0.05, 0) is 100 Å². The number of nitrogens with zero attached hydrogens (tertiary/aromatic N) is 6. The van der Waals surface area contributed by atoms with Gasteiger partial charge in [0.25, 0.3) is 0 Å². The quantitative estimate of drug-likeness (QED) is 0.137. The fourth-order valence-corrected chi connectivity index (χ4v) is 9.54. The molecule has 0 bridgehead atoms. The van der Waals surface area contributed by atoms with Gasteiger partial charge in [0.15, 0.2) is 0 Å². The minimum absolute atomic E-state index is 0.0103. The van der Waals surface area contributed by atoms with E-state index in [1.54, 1.807) is 48.5 Å². The molecular weight excluding hydrogens is 1040 g/mol. The Morgan fingerprint density at radius 1 is 0.589 bits per heavy atom. The second kappa shape index (κ2) is 23.8. The highest BCUT2D eigenvalue weighted by Gasteiger charge is 2.36. The van der Waals surface area contributed by atoms with E-state index in [-0.39, 0.29) is 35.5 Å². The van der Waals surface area contributed by atoms with Crippen molar-refractivity contribution in [1.82, 2.24) is 29.7 Å². The first-order chi connectivity index (χ1) is 34.3. The molecule has 4 atom stereocenters. The molecular formula is C52H61Cl5N8O8. The number of nitrogens with one attached hydrogen (secondary N) is 1. The van der Waals surface area contributed by atoms with Crippen LogP contribution in [0.25, 0.3) is 44.1 Å². The average molecular weight is 1100 g/mol. The Hall–Kier alpha value is -5.49. The number of fused-ring (bicyclic) bond motifs is 2. The van der Waals surface area contributed by atoms with Gasteiger partial charge in [0.1, 0.15) is 34.2 Å². The van der Waals surface area contributed by atoms with Crippen LogP contribution in [0, 0.1) is 11.8 Å². The second-order valence-electron chi connectivity index (χ2n) is 19.6. The van der Waals surface area contributed by atoms with Crippen LogP contribution in [0.15, 0.2) is 60.9 Å². The Morgan fingerprint density at radius 2 is 1.00 bits per heavy atom. The van der Waals surface area contributed by atoms with Gasteiger partial charge >= 0.3 is 12.2 Å². The molecule has 0 radical (unpaired) electrons. The molecule has 2 aliphatic rings. The van der Waals surface area contributed by atoms with Gasteiger partial charge in [0.2, 0.25) is 11.2 Å². The number of ether oxygens (including phenoxy) is 6. The molecule has 21 heteroatoms. The lowest BCUT2D eigenvalue weighted by molar-refractivity contribution is 0.0277. The smallest absolute Gasteiger partial charge is 0.410 e. The standard InChI is InChI=1S/C26H30Cl2N4O4.C16H11Cl3N2O2.C10H20N2O2/c1-14-12-32(25(33)36-26(2,3)4)13-18(14)31-24-29-11-16-9-15(7-8-17(16)30-24)21-22(27)19(34-5)10-20(35-6)23(21)28;1-22-11-6-12(23-2)15(18)13(14(11)17)8-3-4-10-9(5-8)7-20-16(19)21-10;1-7-5-12(6-8(7)11)9(13)14-10(2,3)4/h7-11,14,18H,12-13H2,1-6H3,(H,29,30,31);3-7H,1-2H3;7-8H,5-6,11H2,1-4H3/t14-,18-;;7-,8-/m1.1/s1. The van der Waals surface area contributed by atoms with E-state index in [1.165, 1.54) is 14.2 Å². The molecule has 3 N–H and O–H groups in total. The first-order valence-electron chi connectivity index (χ1n) is 23.2. The van der Waals surface area contributed by atoms with Crippen molar-refractivity contribution in [3.63, 3.8) is 0 Å². The fourth-order valence-electron chi connectivity index (χ4n) is 7.97. The molecule has 2 aliphatic heterocycles. The van der Waals surface area contributed by atoms with Crippen LogP contribution in [-0.2, 0) is 9.47 Å². The lowest BCUT2D eigenvalue weighted by Crippen LogP contribution is -2.36. The van der Waals surface area contributed by atoms with Crippen LogP contribution in [0.4, 0.5) is 15.5 Å². The first-order valence-corrected chi connectivity index (χ1v) is 25.1. The van der Waals surface area contributed by atoms with E-state index in [0.717, 1.165) is 32.9 Å². The van der Waals surface area contributed by atoms with Crippen molar-refractivity contribution in [1.29, 1.82) is 0 Å². The number of benzene rings is 4. The molecule has 4 heterocycles. The Bertz CT molecular complexity index is 2910. The Kier molecular flexibility index (Phi) is 18.5. The molecule has 16 nitrogen and oxygen atoms in total. The summed E-state index contributed by atoms with van der Waals surface area (Å²) in [5.41, 5.74) is 9.18. The monoisotopic (exact) mass is 1100 g/mol. The maximum absolute atomic E-state index is 12.5. The Balaban J connectivity index is 0.000000200. The van der Waals surface area contributed by atoms with Gasteiger partial charge in [-0.15, -0.1) is 0 Å². The number of carbonyl (C=O) groups excluding carboxylic acids is 2. The summed E-state index contributed by atoms with van der Waals surface area (Å²) in [4.78, 5) is 44.8. The van der Waals surface area contributed by atoms with E-state index >= 15 is 0 Å². The summed E-state index contributed by atoms with van der Waals surface area (Å²) in [6.07, 6.45) is 2.83. The lowest BCUT2D eigenvalue weighted by atomic mass is 10.0. The number of nitrogens with two attached hydrogens (primary N) is 1. The molecule has 4 aromatic carbocycles. The van der Waals surface area contributed by atoms with E-state index in [0.29, 0.717) is 92.3 Å². The van der Waals surface area contributed by atoms with Crippen LogP contribution in [0.5, 0.6) is 23.0 Å². The zero-order valence-electron chi connectivity index (χ0n) is 42.8. The summed E-state index contributed by atoms with van der Waals surface area (Å²) in [5, 5.41) is 6.83. The minimum atomic E-state index is -0.531. The molecule has 2 amide bonds. The normalized spacial score (nSPS) is 17.6. The molecule has 392 valence electrons. The third-order valence-corrected chi connectivity index (χ3v) is 13.4. The van der Waals surface area contributed by atoms with Crippen molar-refractivity contribution >= 4 is 97.9 Å². The highest BCUT2D eigenvalue weighted by molar-refractivity contribution is 6.42. The van der Waals surface area contributed by atoms with Crippen LogP contribution < -0.4 is 30.0 Å². The number of halogens is 5. The number of rotatable bonds is 8. The van der Waals surface area contributed by atoms with E-state index in [1.807, 2.05) is 77.9 Å². The number of amides is 2. The van der Waals surface area contributed by atoms with E-state index in [4.69, 9.17) is 92.2 Å². The number of hydrogen-bond donors (Lipinski definition) is 2. The first kappa shape index (κ1) is 56.8. The number of anilines is 1. The maximum Gasteiger partial charge on any atom is 0.410 e. The van der Waals surface area contributed by atoms with Crippen molar-refractivity contribution in [3.8, 4) is 45.3 Å². The zero-order chi connectivity index (χ0) is 53.7. The number of carbonyl (C=O) groups is 2. The highest BCUT2D eigenvalue weighted by Crippen LogP contribution is 2.48. The predicted molar refractivity (Wildman–Crippen MR) is 291 cm³/mol. The average Bonchev–Trinajstić information content (AvgIpc) is 3.87. The highest BCUT2D eigenvalue weighted by atomic mass is 35.5. The third kappa shape index (κ3) is 14.0. The summed E-state index contributed by atoms with van der Waals surface area (Å²) < 4.78 is 32.1. The molecule has 73 heavy (non-hydrogen) atoms. The molecule has 0 saturated carbocycles. The summed E-state index contributed by atoms with van der Waals surface area (Å²) in [6.45, 7) is 17.8. The van der Waals surface area contributed by atoms with Crippen molar-refractivity contribution < 1.29 is 38.0 Å². The predicted octanol–water partition coefficient (Wildman–Crippen LogP) is 12.8. The molecule has 8 rings (SSSR count). The van der Waals surface area contributed by atoms with Crippen LogP contribution in [0.3, 0.4) is 0 Å². The van der Waals surface area contributed by atoms with Crippen molar-refractivity contribution in [3.05, 3.63) is 86.3 Å². The van der Waals surface area contributed by atoms with Crippen molar-refractivity contribution in [2.24, 2.45) is 17.6 Å². The minimum Gasteiger partial charge on any atom is -0.495 e. The largest absolute Gasteiger partial charge is 0.495 e. The topological polar surface area (TPSA) is 186 Å². The Labute approximate surface area is 451 Å². The summed E-state index contributed by atoms with van der Waals surface area (Å²) in [6, 6.07) is 14.7. The number of hydrogen-bond acceptors (Lipinski definition) is 14. The molecule has 0 spiro atoms. The van der Waals surface area contributed by atoms with Gasteiger partial charge in [-0.25, -0.2) is 29.5 Å². The fraction of sp³-hybridized carbons (Fsp3) is 0.423. The Morgan fingerprint density at radius 3 is 1.41 bits per heavy atom. The van der Waals surface area contributed by atoms with Gasteiger partial charge in [-0.3, -0.25) is 0 Å². The van der Waals surface area contributed by atoms with E-state index < -0.39 is 11.2 Å². The summed E-state index contributed by atoms with van der Waals surface area (Å²) >= 11 is 31.9. The summed E-state index contributed by atoms with van der Waals surface area (Å²) in [7, 11) is 6.15. The molecule has 2 saturated heterocycles. The van der Waals surface area contributed by atoms with Gasteiger partial charge in [0.05, 0.1) is 65.6 Å². The van der Waals surface area contributed by atoms with Crippen molar-refractivity contribution in [2.45, 2.75) is 78.7 Å². The molecule has 2 aromatic heterocycles. The number of aromatic nitrogens is 4.